The van der Waals surface area contributed by atoms with Crippen LogP contribution in [-0.2, 0) is 30.7 Å². The van der Waals surface area contributed by atoms with Gasteiger partial charge in [0, 0.05) is 13.1 Å². The normalized spacial score (nSPS) is 15.6. The molecular weight excluding hydrogens is 502 g/mol. The third-order valence-electron chi connectivity index (χ3n) is 5.37. The van der Waals surface area contributed by atoms with Gasteiger partial charge in [-0.3, -0.25) is 24.1 Å². The lowest BCUT2D eigenvalue weighted by Gasteiger charge is -2.33. The smallest absolute Gasteiger partial charge is 0.245 e. The van der Waals surface area contributed by atoms with Gasteiger partial charge in [0.15, 0.2) is 0 Å². The zero-order chi connectivity index (χ0) is 28.7. The van der Waals surface area contributed by atoms with Crippen molar-refractivity contribution in [1.82, 2.24) is 15.4 Å². The van der Waals surface area contributed by atoms with Crippen LogP contribution in [0.1, 0.15) is 45.6 Å². The highest BCUT2D eigenvalue weighted by molar-refractivity contribution is 5.83. The molecule has 38 heavy (non-hydrogen) atoms. The summed E-state index contributed by atoms with van der Waals surface area (Å²) in [6.07, 6.45) is -5.17. The van der Waals surface area contributed by atoms with Crippen LogP contribution in [0.3, 0.4) is 0 Å². The van der Waals surface area contributed by atoms with Crippen molar-refractivity contribution in [2.45, 2.75) is 82.7 Å². The minimum absolute atomic E-state index is 0.135. The van der Waals surface area contributed by atoms with E-state index in [1.165, 1.54) is 0 Å². The fraction of sp³-hybridized carbons (Fsp3) is 0.640. The fourth-order valence-corrected chi connectivity index (χ4v) is 3.34. The summed E-state index contributed by atoms with van der Waals surface area (Å²) >= 11 is 0. The van der Waals surface area contributed by atoms with E-state index < -0.39 is 55.1 Å². The number of nitrogens with one attached hydrogen (secondary N) is 1. The Morgan fingerprint density at radius 1 is 1.00 bits per heavy atom. The Morgan fingerprint density at radius 2 is 1.63 bits per heavy atom. The number of rotatable bonds is 19. The molecule has 0 heterocycles. The van der Waals surface area contributed by atoms with Gasteiger partial charge < -0.3 is 30.8 Å². The lowest BCUT2D eigenvalue weighted by Crippen LogP contribution is -2.53. The summed E-state index contributed by atoms with van der Waals surface area (Å²) in [7, 11) is 0. The highest BCUT2D eigenvalue weighted by atomic mass is 16.7. The predicted molar refractivity (Wildman–Crippen MR) is 135 cm³/mol. The van der Waals surface area contributed by atoms with Crippen molar-refractivity contribution in [2.75, 3.05) is 19.7 Å². The van der Waals surface area contributed by atoms with Crippen LogP contribution in [0, 0.1) is 0 Å². The molecule has 0 radical (unpaired) electrons. The van der Waals surface area contributed by atoms with Gasteiger partial charge in [-0.25, -0.2) is 10.1 Å². The average Bonchev–Trinajstić information content (AvgIpc) is 2.90. The van der Waals surface area contributed by atoms with Gasteiger partial charge in [0.05, 0.1) is 18.3 Å². The van der Waals surface area contributed by atoms with Crippen molar-refractivity contribution in [3.8, 4) is 0 Å². The van der Waals surface area contributed by atoms with Crippen molar-refractivity contribution < 1.29 is 49.6 Å². The molecule has 0 aliphatic carbocycles. The van der Waals surface area contributed by atoms with Gasteiger partial charge in [-0.05, 0) is 45.6 Å². The summed E-state index contributed by atoms with van der Waals surface area (Å²) in [4.78, 5) is 47.1. The highest BCUT2D eigenvalue weighted by Crippen LogP contribution is 2.16. The van der Waals surface area contributed by atoms with Crippen LogP contribution >= 0.6 is 0 Å². The Kier molecular flexibility index (Phi) is 15.0. The Balaban J connectivity index is 2.72. The molecule has 0 aromatic heterocycles. The number of aliphatic hydroxyl groups is 5. The quantitative estimate of drug-likeness (QED) is 0.0706. The van der Waals surface area contributed by atoms with Gasteiger partial charge in [0.2, 0.25) is 18.7 Å². The van der Waals surface area contributed by atoms with Gasteiger partial charge in [0.25, 0.3) is 0 Å². The van der Waals surface area contributed by atoms with Crippen LogP contribution in [-0.4, -0.2) is 110 Å². The van der Waals surface area contributed by atoms with Crippen LogP contribution in [0.15, 0.2) is 30.3 Å². The van der Waals surface area contributed by atoms with Gasteiger partial charge >= 0.3 is 0 Å². The molecule has 0 saturated heterocycles. The summed E-state index contributed by atoms with van der Waals surface area (Å²) < 4.78 is 0. The SMILES string of the molecule is CC(C)(C)ON(C=O)C(CCCCN(C=O)OCc1ccccc1)C(=O)NCC(O)C(O)C(O)C(O)CO. The first kappa shape index (κ1) is 33.4. The summed E-state index contributed by atoms with van der Waals surface area (Å²) in [5, 5.41) is 52.5. The van der Waals surface area contributed by atoms with Crippen LogP contribution in [0.25, 0.3) is 0 Å². The summed E-state index contributed by atoms with van der Waals surface area (Å²) in [6.45, 7) is 4.18. The van der Waals surface area contributed by atoms with E-state index >= 15 is 0 Å². The number of hydroxylamine groups is 4. The van der Waals surface area contributed by atoms with Gasteiger partial charge in [-0.2, -0.15) is 0 Å². The number of hydrogen-bond donors (Lipinski definition) is 6. The second-order valence-corrected chi connectivity index (χ2v) is 9.73. The van der Waals surface area contributed by atoms with Crippen molar-refractivity contribution in [1.29, 1.82) is 0 Å². The second kappa shape index (κ2) is 17.0. The van der Waals surface area contributed by atoms with Gasteiger partial charge in [-0.15, -0.1) is 0 Å². The Bertz CT molecular complexity index is 823. The first-order valence-corrected chi connectivity index (χ1v) is 12.4. The number of aliphatic hydroxyl groups excluding tert-OH is 5. The minimum Gasteiger partial charge on any atom is -0.394 e. The monoisotopic (exact) mass is 543 g/mol. The Hall–Kier alpha value is -2.65. The summed E-state index contributed by atoms with van der Waals surface area (Å²) in [5.41, 5.74) is 0.0852. The lowest BCUT2D eigenvalue weighted by molar-refractivity contribution is -0.232. The molecule has 13 heteroatoms. The largest absolute Gasteiger partial charge is 0.394 e. The first-order valence-electron chi connectivity index (χ1n) is 12.4. The zero-order valence-electron chi connectivity index (χ0n) is 22.0. The third kappa shape index (κ3) is 12.3. The maximum absolute atomic E-state index is 12.9. The van der Waals surface area contributed by atoms with E-state index in [9.17, 15) is 34.8 Å². The molecule has 0 aliphatic rings. The maximum Gasteiger partial charge on any atom is 0.245 e. The molecule has 0 bridgehead atoms. The predicted octanol–water partition coefficient (Wildman–Crippen LogP) is -1.14. The van der Waals surface area contributed by atoms with E-state index in [0.717, 1.165) is 15.7 Å². The molecule has 5 atom stereocenters. The highest BCUT2D eigenvalue weighted by Gasteiger charge is 2.33. The molecule has 6 N–H and O–H groups in total. The third-order valence-corrected chi connectivity index (χ3v) is 5.37. The molecule has 5 unspecified atom stereocenters. The maximum atomic E-state index is 12.9. The number of amides is 3. The van der Waals surface area contributed by atoms with Crippen molar-refractivity contribution in [3.63, 3.8) is 0 Å². The fourth-order valence-electron chi connectivity index (χ4n) is 3.34. The average molecular weight is 544 g/mol. The van der Waals surface area contributed by atoms with E-state index in [-0.39, 0.29) is 19.6 Å². The Morgan fingerprint density at radius 3 is 2.18 bits per heavy atom. The molecule has 0 spiro atoms. The minimum atomic E-state index is -1.85. The summed E-state index contributed by atoms with van der Waals surface area (Å²) in [5.74, 6) is -0.697. The molecule has 216 valence electrons. The molecular formula is C25H41N3O10. The van der Waals surface area contributed by atoms with Crippen molar-refractivity contribution in [3.05, 3.63) is 35.9 Å². The molecule has 0 saturated carbocycles. The summed E-state index contributed by atoms with van der Waals surface area (Å²) in [6, 6.07) is 8.19. The molecule has 0 aliphatic heterocycles. The number of carbonyl (C=O) groups is 3. The molecule has 0 fully saturated rings. The van der Waals surface area contributed by atoms with Crippen LogP contribution < -0.4 is 5.32 Å². The molecule has 1 aromatic rings. The van der Waals surface area contributed by atoms with E-state index in [4.69, 9.17) is 14.8 Å². The number of benzene rings is 1. The van der Waals surface area contributed by atoms with Crippen LogP contribution in [0.2, 0.25) is 0 Å². The lowest BCUT2D eigenvalue weighted by atomic mass is 10.0. The number of nitrogens with zero attached hydrogens (tertiary/aromatic N) is 2. The van der Waals surface area contributed by atoms with Gasteiger partial charge in [0.1, 0.15) is 31.0 Å². The van der Waals surface area contributed by atoms with E-state index in [0.29, 0.717) is 25.7 Å². The van der Waals surface area contributed by atoms with Crippen molar-refractivity contribution in [2.24, 2.45) is 0 Å². The first-order chi connectivity index (χ1) is 17.9. The van der Waals surface area contributed by atoms with Crippen molar-refractivity contribution >= 4 is 18.7 Å². The Labute approximate surface area is 222 Å². The molecule has 1 aromatic carbocycles. The number of carbonyl (C=O) groups excluding carboxylic acids is 3. The van der Waals surface area contributed by atoms with E-state index in [1.807, 2.05) is 30.3 Å². The van der Waals surface area contributed by atoms with Crippen LogP contribution in [0.5, 0.6) is 0 Å². The van der Waals surface area contributed by atoms with Crippen LogP contribution in [0.4, 0.5) is 0 Å². The molecule has 1 rings (SSSR count). The van der Waals surface area contributed by atoms with E-state index in [2.05, 4.69) is 5.32 Å². The van der Waals surface area contributed by atoms with E-state index in [1.54, 1.807) is 20.8 Å². The zero-order valence-corrected chi connectivity index (χ0v) is 22.0. The molecule has 3 amide bonds. The molecule has 13 nitrogen and oxygen atoms in total. The topological polar surface area (TPSA) is 189 Å². The second-order valence-electron chi connectivity index (χ2n) is 9.73. The van der Waals surface area contributed by atoms with Gasteiger partial charge in [-0.1, -0.05) is 30.3 Å². The standard InChI is InChI=1S/C25H41N3O10/c1-25(2,3)38-28(17-31)19(24(36)26-13-20(32)22(34)23(35)21(33)14-29)11-7-8-12-27(16-30)37-15-18-9-5-4-6-10-18/h4-6,9-10,16-17,19-23,29,32-35H,7-8,11-15H2,1-3H3,(H,26,36). The number of unbranched alkanes of at least 4 members (excludes halogenated alkanes) is 1. The number of hydrogen-bond acceptors (Lipinski definition) is 10.